The Labute approximate surface area is 182 Å². The number of aliphatic hydroxyl groups is 1. The molecular formula is C24H28ClNO4. The van der Waals surface area contributed by atoms with Crippen molar-refractivity contribution in [3.8, 4) is 5.75 Å². The summed E-state index contributed by atoms with van der Waals surface area (Å²) in [5.41, 5.74) is 1.38. The molecule has 0 radical (unpaired) electrons. The Balaban J connectivity index is 1.73. The van der Waals surface area contributed by atoms with Gasteiger partial charge in [-0.15, -0.1) is 0 Å². The molecule has 1 aliphatic heterocycles. The maximum absolute atomic E-state index is 13.0. The molecule has 1 unspecified atom stereocenters. The van der Waals surface area contributed by atoms with Gasteiger partial charge in [-0.25, -0.2) is 0 Å². The van der Waals surface area contributed by atoms with Gasteiger partial charge in [0.2, 0.25) is 0 Å². The molecule has 0 aromatic heterocycles. The highest BCUT2D eigenvalue weighted by molar-refractivity contribution is 6.31. The van der Waals surface area contributed by atoms with Crippen LogP contribution in [0.3, 0.4) is 0 Å². The van der Waals surface area contributed by atoms with E-state index < -0.39 is 11.5 Å². The quantitative estimate of drug-likeness (QED) is 0.614. The summed E-state index contributed by atoms with van der Waals surface area (Å²) < 4.78 is 6.02. The molecule has 1 atom stereocenters. The van der Waals surface area contributed by atoms with E-state index in [0.717, 1.165) is 16.9 Å². The standard InChI is InChI=1S/C24H28ClNO4/c1-15(2)19-8-6-16(3)12-22(19)30-11-5-10-26-21-9-7-18(25)13-20(21)24(29,23(26)28)14-17(4)27/h6-9,12-13,15,29H,5,10-11,14H2,1-4H3. The monoisotopic (exact) mass is 429 g/mol. The average Bonchev–Trinajstić information content (AvgIpc) is 2.85. The Bertz CT molecular complexity index is 972. The normalized spacial score (nSPS) is 18.1. The van der Waals surface area contributed by atoms with Gasteiger partial charge in [-0.2, -0.15) is 0 Å². The van der Waals surface area contributed by atoms with E-state index in [2.05, 4.69) is 26.0 Å². The molecule has 1 amide bonds. The summed E-state index contributed by atoms with van der Waals surface area (Å²) >= 11 is 6.08. The first-order valence-corrected chi connectivity index (χ1v) is 10.6. The number of carbonyl (C=O) groups excluding carboxylic acids is 2. The van der Waals surface area contributed by atoms with Crippen LogP contribution in [-0.2, 0) is 15.2 Å². The van der Waals surface area contributed by atoms with Gasteiger partial charge in [0.1, 0.15) is 11.5 Å². The highest BCUT2D eigenvalue weighted by Gasteiger charge is 2.50. The highest BCUT2D eigenvalue weighted by atomic mass is 35.5. The number of benzene rings is 2. The number of ether oxygens (including phenoxy) is 1. The minimum Gasteiger partial charge on any atom is -0.493 e. The van der Waals surface area contributed by atoms with E-state index in [-0.39, 0.29) is 12.2 Å². The number of halogens is 1. The van der Waals surface area contributed by atoms with Gasteiger partial charge in [0, 0.05) is 23.6 Å². The van der Waals surface area contributed by atoms with E-state index >= 15 is 0 Å². The van der Waals surface area contributed by atoms with Crippen molar-refractivity contribution in [1.82, 2.24) is 0 Å². The Kier molecular flexibility index (Phi) is 6.53. The Hall–Kier alpha value is -2.37. The number of amides is 1. The fraction of sp³-hybridized carbons (Fsp3) is 0.417. The predicted molar refractivity (Wildman–Crippen MR) is 118 cm³/mol. The van der Waals surface area contributed by atoms with Crippen molar-refractivity contribution >= 4 is 29.0 Å². The second kappa shape index (κ2) is 8.78. The van der Waals surface area contributed by atoms with Gasteiger partial charge in [0.05, 0.1) is 12.3 Å². The lowest BCUT2D eigenvalue weighted by Crippen LogP contribution is -2.42. The molecule has 1 N–H and O–H groups in total. The summed E-state index contributed by atoms with van der Waals surface area (Å²) in [5, 5.41) is 11.4. The number of carbonyl (C=O) groups is 2. The van der Waals surface area contributed by atoms with Gasteiger partial charge in [-0.05, 0) is 61.6 Å². The van der Waals surface area contributed by atoms with E-state index in [1.165, 1.54) is 11.8 Å². The Morgan fingerprint density at radius 3 is 2.63 bits per heavy atom. The lowest BCUT2D eigenvalue weighted by molar-refractivity contribution is -0.141. The lowest BCUT2D eigenvalue weighted by atomic mass is 9.90. The second-order valence-electron chi connectivity index (χ2n) is 8.26. The highest BCUT2D eigenvalue weighted by Crippen LogP contribution is 2.43. The van der Waals surface area contributed by atoms with E-state index in [1.807, 2.05) is 13.0 Å². The van der Waals surface area contributed by atoms with E-state index in [1.54, 1.807) is 18.2 Å². The molecule has 3 rings (SSSR count). The van der Waals surface area contributed by atoms with Crippen LogP contribution in [0.15, 0.2) is 36.4 Å². The van der Waals surface area contributed by atoms with Gasteiger partial charge in [-0.1, -0.05) is 37.6 Å². The SMILES string of the molecule is CC(=O)CC1(O)C(=O)N(CCCOc2cc(C)ccc2C(C)C)c2ccc(Cl)cc21. The minimum atomic E-state index is -1.87. The molecular weight excluding hydrogens is 402 g/mol. The molecule has 2 aromatic rings. The number of anilines is 1. The van der Waals surface area contributed by atoms with Gasteiger partial charge >= 0.3 is 0 Å². The predicted octanol–water partition coefficient (Wildman–Crippen LogP) is 4.75. The van der Waals surface area contributed by atoms with Crippen LogP contribution in [-0.4, -0.2) is 29.9 Å². The van der Waals surface area contributed by atoms with Crippen molar-refractivity contribution in [3.63, 3.8) is 0 Å². The summed E-state index contributed by atoms with van der Waals surface area (Å²) in [6.45, 7) is 8.44. The van der Waals surface area contributed by atoms with Gasteiger partial charge in [-0.3, -0.25) is 9.59 Å². The molecule has 1 heterocycles. The number of aryl methyl sites for hydroxylation is 1. The van der Waals surface area contributed by atoms with E-state index in [9.17, 15) is 14.7 Å². The molecule has 6 heteroatoms. The smallest absolute Gasteiger partial charge is 0.264 e. The molecule has 1 aliphatic rings. The van der Waals surface area contributed by atoms with Crippen LogP contribution in [0.5, 0.6) is 5.75 Å². The minimum absolute atomic E-state index is 0.261. The zero-order valence-electron chi connectivity index (χ0n) is 17.9. The molecule has 0 aliphatic carbocycles. The fourth-order valence-electron chi connectivity index (χ4n) is 3.92. The number of hydrogen-bond donors (Lipinski definition) is 1. The van der Waals surface area contributed by atoms with Crippen molar-refractivity contribution in [2.24, 2.45) is 0 Å². The molecule has 0 spiro atoms. The summed E-state index contributed by atoms with van der Waals surface area (Å²) in [7, 11) is 0. The summed E-state index contributed by atoms with van der Waals surface area (Å²) in [5.74, 6) is 0.452. The molecule has 5 nitrogen and oxygen atoms in total. The van der Waals surface area contributed by atoms with Crippen LogP contribution >= 0.6 is 11.6 Å². The summed E-state index contributed by atoms with van der Waals surface area (Å²) in [6, 6.07) is 11.1. The first-order valence-electron chi connectivity index (χ1n) is 10.2. The Morgan fingerprint density at radius 2 is 1.97 bits per heavy atom. The van der Waals surface area contributed by atoms with Crippen LogP contribution in [0, 0.1) is 6.92 Å². The third-order valence-electron chi connectivity index (χ3n) is 5.37. The maximum Gasteiger partial charge on any atom is 0.264 e. The number of Topliss-reactive ketones (excluding diaryl/α,β-unsaturated/α-hetero) is 1. The number of nitrogens with zero attached hydrogens (tertiary/aromatic N) is 1. The molecule has 0 bridgehead atoms. The van der Waals surface area contributed by atoms with Gasteiger partial charge < -0.3 is 14.7 Å². The second-order valence-corrected chi connectivity index (χ2v) is 8.69. The van der Waals surface area contributed by atoms with Crippen LogP contribution < -0.4 is 9.64 Å². The van der Waals surface area contributed by atoms with Crippen molar-refractivity contribution < 1.29 is 19.4 Å². The topological polar surface area (TPSA) is 66.8 Å². The third kappa shape index (κ3) is 4.37. The Morgan fingerprint density at radius 1 is 1.23 bits per heavy atom. The van der Waals surface area contributed by atoms with Crippen molar-refractivity contribution in [2.45, 2.75) is 52.1 Å². The lowest BCUT2D eigenvalue weighted by Gasteiger charge is -2.22. The fourth-order valence-corrected chi connectivity index (χ4v) is 4.10. The number of rotatable bonds is 8. The molecule has 2 aromatic carbocycles. The molecule has 0 saturated carbocycles. The maximum atomic E-state index is 13.0. The van der Waals surface area contributed by atoms with Gasteiger partial charge in [0.15, 0.2) is 5.60 Å². The van der Waals surface area contributed by atoms with Crippen LogP contribution in [0.2, 0.25) is 5.02 Å². The molecule has 0 saturated heterocycles. The largest absolute Gasteiger partial charge is 0.493 e. The van der Waals surface area contributed by atoms with Gasteiger partial charge in [0.25, 0.3) is 5.91 Å². The first-order chi connectivity index (χ1) is 14.1. The zero-order valence-corrected chi connectivity index (χ0v) is 18.6. The number of ketones is 1. The van der Waals surface area contributed by atoms with Crippen LogP contribution in [0.25, 0.3) is 0 Å². The van der Waals surface area contributed by atoms with Crippen LogP contribution in [0.1, 0.15) is 56.2 Å². The number of fused-ring (bicyclic) bond motifs is 1. The van der Waals surface area contributed by atoms with Crippen molar-refractivity contribution in [1.29, 1.82) is 0 Å². The first kappa shape index (κ1) is 22.3. The van der Waals surface area contributed by atoms with Crippen molar-refractivity contribution in [2.75, 3.05) is 18.1 Å². The van der Waals surface area contributed by atoms with Crippen LogP contribution in [0.4, 0.5) is 5.69 Å². The average molecular weight is 430 g/mol. The van der Waals surface area contributed by atoms with E-state index in [4.69, 9.17) is 16.3 Å². The van der Waals surface area contributed by atoms with Crippen molar-refractivity contribution in [3.05, 3.63) is 58.1 Å². The summed E-state index contributed by atoms with van der Waals surface area (Å²) in [4.78, 5) is 26.2. The molecule has 30 heavy (non-hydrogen) atoms. The number of hydrogen-bond acceptors (Lipinski definition) is 4. The summed E-state index contributed by atoms with van der Waals surface area (Å²) in [6.07, 6.45) is 0.308. The molecule has 160 valence electrons. The molecule has 0 fully saturated rings. The zero-order chi connectivity index (χ0) is 22.1. The van der Waals surface area contributed by atoms with E-state index in [0.29, 0.717) is 41.8 Å². The third-order valence-corrected chi connectivity index (χ3v) is 5.61.